The Labute approximate surface area is 190 Å². The molecule has 1 amide bonds. The summed E-state index contributed by atoms with van der Waals surface area (Å²) in [5, 5.41) is 8.34. The number of rotatable bonds is 7. The summed E-state index contributed by atoms with van der Waals surface area (Å²) in [6, 6.07) is 7.74. The van der Waals surface area contributed by atoms with Crippen molar-refractivity contribution < 1.29 is 14.3 Å². The number of ether oxygens (including phenoxy) is 2. The Morgan fingerprint density at radius 3 is 2.55 bits per heavy atom. The number of aromatic nitrogens is 2. The molecule has 4 rings (SSSR count). The Bertz CT molecular complexity index is 1010. The molecule has 1 aromatic carbocycles. The number of carbonyl (C=O) groups excluding carboxylic acids is 1. The number of morpholine rings is 1. The minimum Gasteiger partial charge on any atom is -0.497 e. The van der Waals surface area contributed by atoms with Crippen molar-refractivity contribution in [2.75, 3.05) is 25.5 Å². The van der Waals surface area contributed by atoms with Gasteiger partial charge in [-0.15, -0.1) is 22.7 Å². The van der Waals surface area contributed by atoms with Crippen molar-refractivity contribution in [2.45, 2.75) is 39.0 Å². The summed E-state index contributed by atoms with van der Waals surface area (Å²) >= 11 is 2.98. The second-order valence-corrected chi connectivity index (χ2v) is 9.41. The molecule has 1 saturated heterocycles. The normalized spacial score (nSPS) is 19.3. The van der Waals surface area contributed by atoms with Gasteiger partial charge in [0.05, 0.1) is 37.1 Å². The molecule has 0 radical (unpaired) electrons. The number of methoxy groups -OCH3 is 1. The van der Waals surface area contributed by atoms with Gasteiger partial charge in [-0.05, 0) is 38.1 Å². The molecular formula is C22H26N4O3S2. The van der Waals surface area contributed by atoms with E-state index in [-0.39, 0.29) is 24.5 Å². The van der Waals surface area contributed by atoms with E-state index in [1.54, 1.807) is 7.11 Å². The third kappa shape index (κ3) is 5.88. The van der Waals surface area contributed by atoms with E-state index in [2.05, 4.69) is 34.0 Å². The van der Waals surface area contributed by atoms with Gasteiger partial charge in [-0.1, -0.05) is 0 Å². The SMILES string of the molecule is COc1ccc(-c2nc(CC(=O)Nc3nc(CN4C[C@@H](C)O[C@@H](C)C4)cs3)cs2)cc1. The van der Waals surface area contributed by atoms with Crippen LogP contribution in [0.2, 0.25) is 0 Å². The van der Waals surface area contributed by atoms with Crippen molar-refractivity contribution in [1.29, 1.82) is 0 Å². The Balaban J connectivity index is 1.31. The lowest BCUT2D eigenvalue weighted by molar-refractivity contribution is -0.115. The third-order valence-electron chi connectivity index (χ3n) is 4.91. The van der Waals surface area contributed by atoms with Crippen LogP contribution < -0.4 is 10.1 Å². The largest absolute Gasteiger partial charge is 0.497 e. The molecule has 3 heterocycles. The molecule has 1 fully saturated rings. The quantitative estimate of drug-likeness (QED) is 0.575. The van der Waals surface area contributed by atoms with Gasteiger partial charge in [-0.25, -0.2) is 9.97 Å². The number of nitrogens with zero attached hydrogens (tertiary/aromatic N) is 3. The fourth-order valence-electron chi connectivity index (χ4n) is 3.66. The molecular weight excluding hydrogens is 432 g/mol. The number of hydrogen-bond donors (Lipinski definition) is 1. The van der Waals surface area contributed by atoms with Crippen LogP contribution in [0.1, 0.15) is 25.2 Å². The molecule has 0 spiro atoms. The fourth-order valence-corrected chi connectivity index (χ4v) is 5.21. The van der Waals surface area contributed by atoms with Gasteiger partial charge in [-0.3, -0.25) is 9.69 Å². The molecule has 3 aromatic rings. The van der Waals surface area contributed by atoms with Gasteiger partial charge in [0.1, 0.15) is 10.8 Å². The van der Waals surface area contributed by atoms with E-state index >= 15 is 0 Å². The van der Waals surface area contributed by atoms with Gasteiger partial charge in [0.25, 0.3) is 0 Å². The summed E-state index contributed by atoms with van der Waals surface area (Å²) in [5.41, 5.74) is 2.73. The first-order chi connectivity index (χ1) is 15.0. The van der Waals surface area contributed by atoms with Crippen molar-refractivity contribution in [3.63, 3.8) is 0 Å². The highest BCUT2D eigenvalue weighted by atomic mass is 32.1. The molecule has 1 N–H and O–H groups in total. The van der Waals surface area contributed by atoms with Crippen molar-refractivity contribution in [1.82, 2.24) is 14.9 Å². The summed E-state index contributed by atoms with van der Waals surface area (Å²) in [5.74, 6) is 0.696. The van der Waals surface area contributed by atoms with Gasteiger partial charge < -0.3 is 14.8 Å². The Hall–Kier alpha value is -2.33. The van der Waals surface area contributed by atoms with Crippen LogP contribution >= 0.6 is 22.7 Å². The maximum atomic E-state index is 12.5. The van der Waals surface area contributed by atoms with Gasteiger partial charge in [-0.2, -0.15) is 0 Å². The van der Waals surface area contributed by atoms with E-state index in [9.17, 15) is 4.79 Å². The van der Waals surface area contributed by atoms with Crippen LogP contribution in [0.4, 0.5) is 5.13 Å². The molecule has 31 heavy (non-hydrogen) atoms. The van der Waals surface area contributed by atoms with E-state index in [4.69, 9.17) is 9.47 Å². The van der Waals surface area contributed by atoms with Crippen molar-refractivity contribution >= 4 is 33.7 Å². The molecule has 0 aliphatic carbocycles. The third-order valence-corrected chi connectivity index (χ3v) is 6.66. The zero-order chi connectivity index (χ0) is 21.8. The molecule has 0 bridgehead atoms. The van der Waals surface area contributed by atoms with Crippen LogP contribution in [-0.4, -0.2) is 53.2 Å². The van der Waals surface area contributed by atoms with Crippen LogP contribution in [0, 0.1) is 0 Å². The topological polar surface area (TPSA) is 76.6 Å². The van der Waals surface area contributed by atoms with E-state index in [0.29, 0.717) is 5.13 Å². The average Bonchev–Trinajstić information content (AvgIpc) is 3.37. The molecule has 2 atom stereocenters. The van der Waals surface area contributed by atoms with Crippen LogP contribution in [0.25, 0.3) is 10.6 Å². The number of hydrogen-bond acceptors (Lipinski definition) is 8. The van der Waals surface area contributed by atoms with Gasteiger partial charge in [0.15, 0.2) is 5.13 Å². The van der Waals surface area contributed by atoms with Crippen molar-refractivity contribution in [2.24, 2.45) is 0 Å². The van der Waals surface area contributed by atoms with E-state index in [0.717, 1.165) is 47.3 Å². The Morgan fingerprint density at radius 2 is 1.84 bits per heavy atom. The lowest BCUT2D eigenvalue weighted by Gasteiger charge is -2.34. The minimum atomic E-state index is -0.110. The highest BCUT2D eigenvalue weighted by Crippen LogP contribution is 2.26. The van der Waals surface area contributed by atoms with Crippen molar-refractivity contribution in [3.8, 4) is 16.3 Å². The second kappa shape index (κ2) is 9.86. The first-order valence-corrected chi connectivity index (χ1v) is 12.0. The van der Waals surface area contributed by atoms with Crippen LogP contribution in [0.5, 0.6) is 5.75 Å². The molecule has 9 heteroatoms. The number of anilines is 1. The maximum absolute atomic E-state index is 12.5. The first-order valence-electron chi connectivity index (χ1n) is 10.2. The van der Waals surface area contributed by atoms with Crippen molar-refractivity contribution in [3.05, 3.63) is 46.4 Å². The molecule has 0 saturated carbocycles. The smallest absolute Gasteiger partial charge is 0.232 e. The summed E-state index contributed by atoms with van der Waals surface area (Å²) in [6.45, 7) is 6.73. The molecule has 0 unspecified atom stereocenters. The van der Waals surface area contributed by atoms with Crippen LogP contribution in [0.3, 0.4) is 0 Å². The summed E-state index contributed by atoms with van der Waals surface area (Å²) < 4.78 is 11.0. The molecule has 7 nitrogen and oxygen atoms in total. The molecule has 1 aliphatic heterocycles. The number of carbonyl (C=O) groups is 1. The Morgan fingerprint density at radius 1 is 1.13 bits per heavy atom. The monoisotopic (exact) mass is 458 g/mol. The molecule has 1 aliphatic rings. The van der Waals surface area contributed by atoms with Crippen LogP contribution in [0.15, 0.2) is 35.0 Å². The number of thiazole rings is 2. The lowest BCUT2D eigenvalue weighted by Crippen LogP contribution is -2.44. The lowest BCUT2D eigenvalue weighted by atomic mass is 10.2. The van der Waals surface area contributed by atoms with Crippen LogP contribution in [-0.2, 0) is 22.5 Å². The maximum Gasteiger partial charge on any atom is 0.232 e. The summed E-state index contributed by atoms with van der Waals surface area (Å²) in [7, 11) is 1.64. The highest BCUT2D eigenvalue weighted by Gasteiger charge is 2.23. The minimum absolute atomic E-state index is 0.110. The highest BCUT2D eigenvalue weighted by molar-refractivity contribution is 7.14. The number of benzene rings is 1. The summed E-state index contributed by atoms with van der Waals surface area (Å²) in [6.07, 6.45) is 0.671. The van der Waals surface area contributed by atoms with E-state index < -0.39 is 0 Å². The van der Waals surface area contributed by atoms with Gasteiger partial charge in [0, 0.05) is 36.0 Å². The van der Waals surface area contributed by atoms with Gasteiger partial charge >= 0.3 is 0 Å². The zero-order valence-electron chi connectivity index (χ0n) is 17.8. The predicted molar refractivity (Wildman–Crippen MR) is 124 cm³/mol. The second-order valence-electron chi connectivity index (χ2n) is 7.69. The first kappa shape index (κ1) is 21.9. The van der Waals surface area contributed by atoms with E-state index in [1.165, 1.54) is 22.7 Å². The average molecular weight is 459 g/mol. The molecule has 2 aromatic heterocycles. The number of amides is 1. The summed E-state index contributed by atoms with van der Waals surface area (Å²) in [4.78, 5) is 24.0. The zero-order valence-corrected chi connectivity index (χ0v) is 19.5. The van der Waals surface area contributed by atoms with E-state index in [1.807, 2.05) is 35.0 Å². The van der Waals surface area contributed by atoms with Gasteiger partial charge in [0.2, 0.25) is 5.91 Å². The standard InChI is InChI=1S/C22H26N4O3S2/c1-14-9-26(10-15(2)29-14)11-18-13-31-22(24-18)25-20(27)8-17-12-30-21(23-17)16-4-6-19(28-3)7-5-16/h4-7,12-15H,8-11H2,1-3H3,(H,24,25,27)/t14-,15+. The fraction of sp³-hybridized carbons (Fsp3) is 0.409. The number of nitrogens with one attached hydrogen (secondary N) is 1. The molecule has 164 valence electrons. The predicted octanol–water partition coefficient (Wildman–Crippen LogP) is 4.07. The Kier molecular flexibility index (Phi) is 6.96.